The molecule has 1 aliphatic carbocycles. The number of carbonyl (C=O) groups excluding carboxylic acids is 1. The van der Waals surface area contributed by atoms with Crippen LogP contribution in [0.5, 0.6) is 0 Å². The molecule has 0 radical (unpaired) electrons. The minimum atomic E-state index is -0.422. The van der Waals surface area contributed by atoms with Crippen LogP contribution in [0.3, 0.4) is 0 Å². The first-order valence-electron chi connectivity index (χ1n) is 9.07. The summed E-state index contributed by atoms with van der Waals surface area (Å²) < 4.78 is 5.48. The summed E-state index contributed by atoms with van der Waals surface area (Å²) in [4.78, 5) is 14.0. The Morgan fingerprint density at radius 3 is 2.27 bits per heavy atom. The first-order chi connectivity index (χ1) is 10.4. The molecule has 1 N–H and O–H groups in total. The molecule has 0 aliphatic heterocycles. The Balaban J connectivity index is 2.31. The van der Waals surface area contributed by atoms with Gasteiger partial charge in [0.25, 0.3) is 0 Å². The fraction of sp³-hybridized carbons (Fsp3) is 0.944. The molecule has 4 nitrogen and oxygen atoms in total. The molecule has 1 saturated carbocycles. The third-order valence-electron chi connectivity index (χ3n) is 4.38. The van der Waals surface area contributed by atoms with Crippen molar-refractivity contribution in [2.45, 2.75) is 84.8 Å². The molecule has 1 rings (SSSR count). The highest BCUT2D eigenvalue weighted by atomic mass is 16.6. The van der Waals surface area contributed by atoms with Crippen LogP contribution in [0.2, 0.25) is 0 Å². The Hall–Kier alpha value is -0.770. The summed E-state index contributed by atoms with van der Waals surface area (Å²) in [5.41, 5.74) is -0.422. The van der Waals surface area contributed by atoms with Crippen LogP contribution in [0.15, 0.2) is 0 Å². The van der Waals surface area contributed by atoms with Crippen LogP contribution in [-0.4, -0.2) is 42.3 Å². The van der Waals surface area contributed by atoms with E-state index in [0.717, 1.165) is 32.0 Å². The number of nitrogens with one attached hydrogen (secondary N) is 1. The van der Waals surface area contributed by atoms with E-state index in [-0.39, 0.29) is 6.09 Å². The molecule has 0 spiro atoms. The van der Waals surface area contributed by atoms with Crippen molar-refractivity contribution in [3.05, 3.63) is 0 Å². The molecule has 130 valence electrons. The normalized spacial score (nSPS) is 22.4. The largest absolute Gasteiger partial charge is 0.444 e. The highest BCUT2D eigenvalue weighted by Gasteiger charge is 2.22. The van der Waals surface area contributed by atoms with Crippen molar-refractivity contribution < 1.29 is 9.53 Å². The molecule has 0 heterocycles. The molecule has 4 heteroatoms. The maximum Gasteiger partial charge on any atom is 0.410 e. The molecule has 0 aromatic rings. The Kier molecular flexibility index (Phi) is 8.23. The number of hydrogen-bond donors (Lipinski definition) is 1. The highest BCUT2D eigenvalue weighted by Crippen LogP contribution is 2.26. The monoisotopic (exact) mass is 312 g/mol. The summed E-state index contributed by atoms with van der Waals surface area (Å²) >= 11 is 0. The Bertz CT molecular complexity index is 318. The van der Waals surface area contributed by atoms with Gasteiger partial charge in [0.1, 0.15) is 5.60 Å². The van der Waals surface area contributed by atoms with E-state index in [1.165, 1.54) is 32.1 Å². The standard InChI is InChI=1S/C18H36N2O2/c1-6-13-20(17(21)22-18(3,4)5)14-12-19-16-10-8-15(7-2)9-11-16/h15-16,19H,6-14H2,1-5H3. The lowest BCUT2D eigenvalue weighted by atomic mass is 9.84. The molecule has 0 aromatic heterocycles. The lowest BCUT2D eigenvalue weighted by Gasteiger charge is -2.30. The van der Waals surface area contributed by atoms with Crippen LogP contribution in [-0.2, 0) is 4.74 Å². The number of hydrogen-bond acceptors (Lipinski definition) is 3. The Labute approximate surface area is 137 Å². The van der Waals surface area contributed by atoms with Crippen molar-refractivity contribution in [1.82, 2.24) is 10.2 Å². The highest BCUT2D eigenvalue weighted by molar-refractivity contribution is 5.68. The average Bonchev–Trinajstić information content (AvgIpc) is 2.45. The average molecular weight is 312 g/mol. The minimum absolute atomic E-state index is 0.189. The van der Waals surface area contributed by atoms with E-state index in [4.69, 9.17) is 4.74 Å². The molecule has 1 amide bonds. The van der Waals surface area contributed by atoms with Gasteiger partial charge in [-0.1, -0.05) is 20.3 Å². The molecule has 0 saturated heterocycles. The van der Waals surface area contributed by atoms with Gasteiger partial charge in [-0.2, -0.15) is 0 Å². The summed E-state index contributed by atoms with van der Waals surface area (Å²) in [5, 5.41) is 3.62. The smallest absolute Gasteiger partial charge is 0.410 e. The van der Waals surface area contributed by atoms with Crippen molar-refractivity contribution in [2.75, 3.05) is 19.6 Å². The van der Waals surface area contributed by atoms with E-state index in [2.05, 4.69) is 19.2 Å². The van der Waals surface area contributed by atoms with Gasteiger partial charge in [-0.05, 0) is 58.8 Å². The first kappa shape index (κ1) is 19.3. The van der Waals surface area contributed by atoms with Gasteiger partial charge in [0.2, 0.25) is 0 Å². The first-order valence-corrected chi connectivity index (χ1v) is 9.07. The predicted molar refractivity (Wildman–Crippen MR) is 92.1 cm³/mol. The van der Waals surface area contributed by atoms with E-state index >= 15 is 0 Å². The summed E-state index contributed by atoms with van der Waals surface area (Å²) in [6.07, 6.45) is 7.33. The lowest BCUT2D eigenvalue weighted by Crippen LogP contribution is -2.43. The van der Waals surface area contributed by atoms with Gasteiger partial charge in [-0.15, -0.1) is 0 Å². The second kappa shape index (κ2) is 9.39. The van der Waals surface area contributed by atoms with Gasteiger partial charge in [0, 0.05) is 25.7 Å². The van der Waals surface area contributed by atoms with Crippen LogP contribution in [0, 0.1) is 5.92 Å². The van der Waals surface area contributed by atoms with Crippen LogP contribution in [0.25, 0.3) is 0 Å². The SMILES string of the molecule is CCCN(CCNC1CCC(CC)CC1)C(=O)OC(C)(C)C. The number of nitrogens with zero attached hydrogens (tertiary/aromatic N) is 1. The molecule has 1 aliphatic rings. The number of amides is 1. The summed E-state index contributed by atoms with van der Waals surface area (Å²) in [6.45, 7) is 12.5. The van der Waals surface area contributed by atoms with Crippen LogP contribution < -0.4 is 5.32 Å². The molecular formula is C18H36N2O2. The quantitative estimate of drug-likeness (QED) is 0.766. The minimum Gasteiger partial charge on any atom is -0.444 e. The van der Waals surface area contributed by atoms with E-state index in [1.807, 2.05) is 25.7 Å². The molecular weight excluding hydrogens is 276 g/mol. The van der Waals surface area contributed by atoms with Crippen molar-refractivity contribution in [3.63, 3.8) is 0 Å². The van der Waals surface area contributed by atoms with Gasteiger partial charge in [-0.3, -0.25) is 0 Å². The second-order valence-corrected chi connectivity index (χ2v) is 7.55. The summed E-state index contributed by atoms with van der Waals surface area (Å²) in [7, 11) is 0. The molecule has 1 fully saturated rings. The van der Waals surface area contributed by atoms with Gasteiger partial charge >= 0.3 is 6.09 Å². The molecule has 0 bridgehead atoms. The van der Waals surface area contributed by atoms with Crippen LogP contribution in [0.1, 0.15) is 73.1 Å². The van der Waals surface area contributed by atoms with Crippen molar-refractivity contribution in [1.29, 1.82) is 0 Å². The van der Waals surface area contributed by atoms with Crippen LogP contribution >= 0.6 is 0 Å². The fourth-order valence-electron chi connectivity index (χ4n) is 3.07. The number of ether oxygens (including phenoxy) is 1. The topological polar surface area (TPSA) is 41.6 Å². The van der Waals surface area contributed by atoms with E-state index in [1.54, 1.807) is 0 Å². The third kappa shape index (κ3) is 7.48. The van der Waals surface area contributed by atoms with Crippen LogP contribution in [0.4, 0.5) is 4.79 Å². The van der Waals surface area contributed by atoms with E-state index < -0.39 is 5.60 Å². The zero-order chi connectivity index (χ0) is 16.6. The maximum absolute atomic E-state index is 12.2. The molecule has 0 aromatic carbocycles. The molecule has 0 atom stereocenters. The van der Waals surface area contributed by atoms with Gasteiger partial charge in [-0.25, -0.2) is 4.79 Å². The second-order valence-electron chi connectivity index (χ2n) is 7.55. The fourth-order valence-corrected chi connectivity index (χ4v) is 3.07. The molecule has 22 heavy (non-hydrogen) atoms. The van der Waals surface area contributed by atoms with Gasteiger partial charge in [0.05, 0.1) is 0 Å². The molecule has 0 unspecified atom stereocenters. The van der Waals surface area contributed by atoms with Gasteiger partial charge < -0.3 is 15.0 Å². The number of carbonyl (C=O) groups is 1. The van der Waals surface area contributed by atoms with Crippen molar-refractivity contribution >= 4 is 6.09 Å². The lowest BCUT2D eigenvalue weighted by molar-refractivity contribution is 0.0250. The number of rotatable bonds is 7. The van der Waals surface area contributed by atoms with Crippen molar-refractivity contribution in [2.24, 2.45) is 5.92 Å². The Morgan fingerprint density at radius 1 is 1.14 bits per heavy atom. The van der Waals surface area contributed by atoms with E-state index in [9.17, 15) is 4.79 Å². The maximum atomic E-state index is 12.2. The zero-order valence-electron chi connectivity index (χ0n) is 15.3. The summed E-state index contributed by atoms with van der Waals surface area (Å²) in [6, 6.07) is 0.630. The van der Waals surface area contributed by atoms with Crippen molar-refractivity contribution in [3.8, 4) is 0 Å². The third-order valence-corrected chi connectivity index (χ3v) is 4.38. The van der Waals surface area contributed by atoms with Gasteiger partial charge in [0.15, 0.2) is 0 Å². The van der Waals surface area contributed by atoms with E-state index in [0.29, 0.717) is 6.04 Å². The predicted octanol–water partition coefficient (Wildman–Crippen LogP) is 4.19. The Morgan fingerprint density at radius 2 is 1.77 bits per heavy atom. The summed E-state index contributed by atoms with van der Waals surface area (Å²) in [5.74, 6) is 0.927. The zero-order valence-corrected chi connectivity index (χ0v) is 15.3.